The highest BCUT2D eigenvalue weighted by atomic mass is 19.1. The molecule has 0 bridgehead atoms. The quantitative estimate of drug-likeness (QED) is 0.936. The molecule has 1 aromatic carbocycles. The molecular weight excluding hydrogens is 255 g/mol. The molecule has 1 aromatic heterocycles. The first-order valence-corrected chi connectivity index (χ1v) is 7.10. The Labute approximate surface area is 118 Å². The van der Waals surface area contributed by atoms with Gasteiger partial charge in [-0.15, -0.1) is 0 Å². The van der Waals surface area contributed by atoms with Crippen LogP contribution in [0.3, 0.4) is 0 Å². The Kier molecular flexibility index (Phi) is 3.78. The average Bonchev–Trinajstić information content (AvgIpc) is 2.88. The molecule has 1 aliphatic heterocycles. The lowest BCUT2D eigenvalue weighted by Crippen LogP contribution is -2.33. The van der Waals surface area contributed by atoms with Gasteiger partial charge >= 0.3 is 0 Å². The molecule has 106 valence electrons. The molecule has 1 N–H and O–H groups in total. The Morgan fingerprint density at radius 2 is 2.20 bits per heavy atom. The SMILES string of the molecule is Cc1nc([C@H]2CCCCN2Cc2ccccc2F)n[nH]1. The van der Waals surface area contributed by atoms with Gasteiger partial charge in [-0.25, -0.2) is 9.37 Å². The molecule has 4 nitrogen and oxygen atoms in total. The van der Waals surface area contributed by atoms with Crippen molar-refractivity contribution in [2.45, 2.75) is 38.8 Å². The summed E-state index contributed by atoms with van der Waals surface area (Å²) >= 11 is 0. The number of nitrogens with zero attached hydrogens (tertiary/aromatic N) is 3. The number of likely N-dealkylation sites (tertiary alicyclic amines) is 1. The summed E-state index contributed by atoms with van der Waals surface area (Å²) < 4.78 is 13.8. The Morgan fingerprint density at radius 1 is 1.35 bits per heavy atom. The van der Waals surface area contributed by atoms with Crippen LogP contribution >= 0.6 is 0 Å². The third kappa shape index (κ3) is 2.72. The summed E-state index contributed by atoms with van der Waals surface area (Å²) in [6.45, 7) is 3.48. The molecule has 2 heterocycles. The number of halogens is 1. The van der Waals surface area contributed by atoms with Gasteiger partial charge in [0.2, 0.25) is 0 Å². The molecule has 3 rings (SSSR count). The molecule has 1 aliphatic rings. The van der Waals surface area contributed by atoms with Crippen molar-refractivity contribution < 1.29 is 4.39 Å². The molecule has 0 spiro atoms. The Hall–Kier alpha value is -1.75. The third-order valence-corrected chi connectivity index (χ3v) is 3.86. The number of benzene rings is 1. The second-order valence-corrected chi connectivity index (χ2v) is 5.35. The van der Waals surface area contributed by atoms with Gasteiger partial charge in [-0.3, -0.25) is 10.00 Å². The Bertz CT molecular complexity index is 581. The van der Waals surface area contributed by atoms with Crippen molar-refractivity contribution in [3.8, 4) is 0 Å². The highest BCUT2D eigenvalue weighted by Gasteiger charge is 2.27. The van der Waals surface area contributed by atoms with Crippen molar-refractivity contribution in [3.05, 3.63) is 47.3 Å². The molecule has 0 unspecified atom stereocenters. The minimum Gasteiger partial charge on any atom is -0.289 e. The van der Waals surface area contributed by atoms with Crippen molar-refractivity contribution >= 4 is 0 Å². The van der Waals surface area contributed by atoms with E-state index in [1.165, 1.54) is 12.5 Å². The summed E-state index contributed by atoms with van der Waals surface area (Å²) in [5, 5.41) is 7.18. The van der Waals surface area contributed by atoms with Crippen molar-refractivity contribution in [1.82, 2.24) is 20.1 Å². The van der Waals surface area contributed by atoms with Crippen LogP contribution in [0.1, 0.15) is 42.5 Å². The number of aromatic amines is 1. The van der Waals surface area contributed by atoms with E-state index in [9.17, 15) is 4.39 Å². The number of rotatable bonds is 3. The van der Waals surface area contributed by atoms with Crippen molar-refractivity contribution in [1.29, 1.82) is 0 Å². The van der Waals surface area contributed by atoms with E-state index in [1.54, 1.807) is 6.07 Å². The number of hydrogen-bond donors (Lipinski definition) is 1. The minimum absolute atomic E-state index is 0.136. The fourth-order valence-corrected chi connectivity index (χ4v) is 2.83. The van der Waals surface area contributed by atoms with E-state index in [-0.39, 0.29) is 11.9 Å². The van der Waals surface area contributed by atoms with Crippen LogP contribution in [0.5, 0.6) is 0 Å². The van der Waals surface area contributed by atoms with E-state index in [1.807, 2.05) is 19.1 Å². The zero-order valence-electron chi connectivity index (χ0n) is 11.6. The zero-order chi connectivity index (χ0) is 13.9. The second-order valence-electron chi connectivity index (χ2n) is 5.35. The predicted octanol–water partition coefficient (Wildman–Crippen LogP) is 2.98. The Balaban J connectivity index is 1.81. The standard InChI is InChI=1S/C15H19FN4/c1-11-17-15(19-18-11)14-8-4-5-9-20(14)10-12-6-2-3-7-13(12)16/h2-3,6-7,14H,4-5,8-10H2,1H3,(H,17,18,19)/t14-/m1/s1. The molecular formula is C15H19FN4. The van der Waals surface area contributed by atoms with Crippen LogP contribution in [0.2, 0.25) is 0 Å². The van der Waals surface area contributed by atoms with Gasteiger partial charge < -0.3 is 0 Å². The number of piperidine rings is 1. The van der Waals surface area contributed by atoms with Crippen LogP contribution < -0.4 is 0 Å². The third-order valence-electron chi connectivity index (χ3n) is 3.86. The normalized spacial score (nSPS) is 20.2. The van der Waals surface area contributed by atoms with E-state index in [0.717, 1.165) is 36.6 Å². The van der Waals surface area contributed by atoms with Gasteiger partial charge in [0.05, 0.1) is 6.04 Å². The van der Waals surface area contributed by atoms with Crippen molar-refractivity contribution in [2.75, 3.05) is 6.54 Å². The highest BCUT2D eigenvalue weighted by molar-refractivity contribution is 5.17. The maximum absolute atomic E-state index is 13.8. The Morgan fingerprint density at radius 3 is 2.95 bits per heavy atom. The van der Waals surface area contributed by atoms with Gasteiger partial charge in [0.25, 0.3) is 0 Å². The highest BCUT2D eigenvalue weighted by Crippen LogP contribution is 2.30. The molecule has 5 heteroatoms. The van der Waals surface area contributed by atoms with Gasteiger partial charge in [-0.05, 0) is 32.4 Å². The largest absolute Gasteiger partial charge is 0.289 e. The maximum Gasteiger partial charge on any atom is 0.167 e. The molecule has 1 saturated heterocycles. The molecule has 2 aromatic rings. The van der Waals surface area contributed by atoms with E-state index in [0.29, 0.717) is 6.54 Å². The number of aromatic nitrogens is 3. The van der Waals surface area contributed by atoms with E-state index < -0.39 is 0 Å². The molecule has 0 amide bonds. The number of hydrogen-bond acceptors (Lipinski definition) is 3. The van der Waals surface area contributed by atoms with Crippen LogP contribution in [0.25, 0.3) is 0 Å². The van der Waals surface area contributed by atoms with E-state index in [4.69, 9.17) is 0 Å². The summed E-state index contributed by atoms with van der Waals surface area (Å²) in [5.41, 5.74) is 0.742. The van der Waals surface area contributed by atoms with E-state index in [2.05, 4.69) is 20.1 Å². The monoisotopic (exact) mass is 274 g/mol. The van der Waals surface area contributed by atoms with Crippen molar-refractivity contribution in [2.24, 2.45) is 0 Å². The van der Waals surface area contributed by atoms with E-state index >= 15 is 0 Å². The first-order chi connectivity index (χ1) is 9.74. The van der Waals surface area contributed by atoms with Crippen LogP contribution in [0.15, 0.2) is 24.3 Å². The van der Waals surface area contributed by atoms with Gasteiger partial charge in [0.1, 0.15) is 11.6 Å². The van der Waals surface area contributed by atoms with Crippen LogP contribution in [0.4, 0.5) is 4.39 Å². The topological polar surface area (TPSA) is 44.8 Å². The molecule has 1 atom stereocenters. The van der Waals surface area contributed by atoms with Crippen LogP contribution in [0, 0.1) is 12.7 Å². The van der Waals surface area contributed by atoms with Gasteiger partial charge in [0.15, 0.2) is 5.82 Å². The van der Waals surface area contributed by atoms with Crippen molar-refractivity contribution in [3.63, 3.8) is 0 Å². The second kappa shape index (κ2) is 5.71. The smallest absolute Gasteiger partial charge is 0.167 e. The van der Waals surface area contributed by atoms with Gasteiger partial charge in [-0.2, -0.15) is 5.10 Å². The van der Waals surface area contributed by atoms with Gasteiger partial charge in [0, 0.05) is 12.1 Å². The summed E-state index contributed by atoms with van der Waals surface area (Å²) in [6, 6.07) is 7.17. The molecule has 0 aliphatic carbocycles. The fraction of sp³-hybridized carbons (Fsp3) is 0.467. The molecule has 20 heavy (non-hydrogen) atoms. The summed E-state index contributed by atoms with van der Waals surface area (Å²) in [6.07, 6.45) is 3.35. The lowest BCUT2D eigenvalue weighted by Gasteiger charge is -2.34. The zero-order valence-corrected chi connectivity index (χ0v) is 11.6. The number of aryl methyl sites for hydroxylation is 1. The predicted molar refractivity (Wildman–Crippen MR) is 74.5 cm³/mol. The minimum atomic E-state index is -0.136. The maximum atomic E-state index is 13.8. The first-order valence-electron chi connectivity index (χ1n) is 7.10. The molecule has 0 saturated carbocycles. The summed E-state index contributed by atoms with van der Waals surface area (Å²) in [4.78, 5) is 6.73. The van der Waals surface area contributed by atoms with Crippen LogP contribution in [-0.2, 0) is 6.54 Å². The van der Waals surface area contributed by atoms with Crippen LogP contribution in [-0.4, -0.2) is 26.6 Å². The molecule has 1 fully saturated rings. The average molecular weight is 274 g/mol. The number of nitrogens with one attached hydrogen (secondary N) is 1. The summed E-state index contributed by atoms with van der Waals surface area (Å²) in [5.74, 6) is 1.53. The number of H-pyrrole nitrogens is 1. The lowest BCUT2D eigenvalue weighted by atomic mass is 10.0. The molecule has 0 radical (unpaired) electrons. The summed E-state index contributed by atoms with van der Waals surface area (Å²) in [7, 11) is 0. The first kappa shape index (κ1) is 13.2. The fourth-order valence-electron chi connectivity index (χ4n) is 2.83. The lowest BCUT2D eigenvalue weighted by molar-refractivity contribution is 0.132. The van der Waals surface area contributed by atoms with Gasteiger partial charge in [-0.1, -0.05) is 24.6 Å².